The van der Waals surface area contributed by atoms with Crippen molar-refractivity contribution in [3.63, 3.8) is 0 Å². The molecule has 0 saturated carbocycles. The molecule has 1 rings (SSSR count). The van der Waals surface area contributed by atoms with E-state index in [4.69, 9.17) is 21.1 Å². The lowest BCUT2D eigenvalue weighted by molar-refractivity contribution is -0.116. The highest BCUT2D eigenvalue weighted by Gasteiger charge is 2.12. The van der Waals surface area contributed by atoms with E-state index in [0.29, 0.717) is 29.0 Å². The molecule has 0 aromatic heterocycles. The van der Waals surface area contributed by atoms with Gasteiger partial charge in [-0.1, -0.05) is 25.4 Å². The van der Waals surface area contributed by atoms with Crippen LogP contribution in [0.4, 0.5) is 0 Å². The Morgan fingerprint density at radius 3 is 2.57 bits per heavy atom. The van der Waals surface area contributed by atoms with E-state index in [1.54, 1.807) is 25.3 Å². The van der Waals surface area contributed by atoms with Crippen LogP contribution in [0.2, 0.25) is 5.02 Å². The number of benzene rings is 1. The maximum Gasteiger partial charge on any atom is 0.243 e. The summed E-state index contributed by atoms with van der Waals surface area (Å²) in [5.41, 5.74) is 0.780. The first kappa shape index (κ1) is 19.4. The van der Waals surface area contributed by atoms with Gasteiger partial charge in [0.05, 0.1) is 18.2 Å². The van der Waals surface area contributed by atoms with Gasteiger partial charge >= 0.3 is 0 Å². The standard InChI is InChI=1S/C18H26ClNO3/c1-12(2)8-9-20-17(21)7-6-14-10-15(19)18(23-13(3)4)16(11-14)22-5/h6-7,10-13H,8-9H2,1-5H3,(H,20,21). The number of ether oxygens (including phenoxy) is 2. The summed E-state index contributed by atoms with van der Waals surface area (Å²) < 4.78 is 11.0. The predicted octanol–water partition coefficient (Wildman–Crippen LogP) is 4.31. The number of carbonyl (C=O) groups excluding carboxylic acids is 1. The molecule has 0 saturated heterocycles. The molecule has 0 aliphatic carbocycles. The molecule has 4 nitrogen and oxygen atoms in total. The van der Waals surface area contributed by atoms with E-state index in [1.807, 2.05) is 13.8 Å². The minimum Gasteiger partial charge on any atom is -0.493 e. The van der Waals surface area contributed by atoms with E-state index in [1.165, 1.54) is 6.08 Å². The minimum atomic E-state index is -0.122. The lowest BCUT2D eigenvalue weighted by Gasteiger charge is -2.15. The molecule has 1 N–H and O–H groups in total. The highest BCUT2D eigenvalue weighted by atomic mass is 35.5. The molecule has 0 unspecified atom stereocenters. The van der Waals surface area contributed by atoms with E-state index in [-0.39, 0.29) is 12.0 Å². The van der Waals surface area contributed by atoms with E-state index in [2.05, 4.69) is 19.2 Å². The molecule has 0 radical (unpaired) electrons. The number of hydrogen-bond acceptors (Lipinski definition) is 3. The third kappa shape index (κ3) is 6.95. The molecular formula is C18H26ClNO3. The van der Waals surface area contributed by atoms with Gasteiger partial charge in [-0.25, -0.2) is 0 Å². The predicted molar refractivity (Wildman–Crippen MR) is 95.3 cm³/mol. The Morgan fingerprint density at radius 2 is 2.00 bits per heavy atom. The van der Waals surface area contributed by atoms with Gasteiger partial charge < -0.3 is 14.8 Å². The normalized spacial score (nSPS) is 11.3. The van der Waals surface area contributed by atoms with E-state index in [0.717, 1.165) is 12.0 Å². The molecule has 0 atom stereocenters. The first-order chi connectivity index (χ1) is 10.8. The fourth-order valence-corrected chi connectivity index (χ4v) is 2.16. The van der Waals surface area contributed by atoms with Crippen molar-refractivity contribution in [1.82, 2.24) is 5.32 Å². The van der Waals surface area contributed by atoms with Crippen LogP contribution >= 0.6 is 11.6 Å². The first-order valence-electron chi connectivity index (χ1n) is 7.83. The molecule has 0 heterocycles. The van der Waals surface area contributed by atoms with Crippen molar-refractivity contribution in [2.75, 3.05) is 13.7 Å². The topological polar surface area (TPSA) is 47.6 Å². The van der Waals surface area contributed by atoms with Gasteiger partial charge in [0.1, 0.15) is 0 Å². The fourth-order valence-electron chi connectivity index (χ4n) is 1.90. The molecule has 23 heavy (non-hydrogen) atoms. The van der Waals surface area contributed by atoms with Gasteiger partial charge in [0, 0.05) is 12.6 Å². The number of amides is 1. The van der Waals surface area contributed by atoms with E-state index >= 15 is 0 Å². The SMILES string of the molecule is COc1cc(C=CC(=O)NCCC(C)C)cc(Cl)c1OC(C)C. The van der Waals surface area contributed by atoms with Crippen molar-refractivity contribution in [2.45, 2.75) is 40.2 Å². The van der Waals surface area contributed by atoms with Crippen LogP contribution in [0.3, 0.4) is 0 Å². The van der Waals surface area contributed by atoms with Crippen LogP contribution < -0.4 is 14.8 Å². The maximum absolute atomic E-state index is 11.8. The van der Waals surface area contributed by atoms with Gasteiger partial charge in [-0.2, -0.15) is 0 Å². The highest BCUT2D eigenvalue weighted by molar-refractivity contribution is 6.32. The summed E-state index contributed by atoms with van der Waals surface area (Å²) in [5, 5.41) is 3.31. The minimum absolute atomic E-state index is 0.00507. The summed E-state index contributed by atoms with van der Waals surface area (Å²) in [7, 11) is 1.56. The largest absolute Gasteiger partial charge is 0.493 e. The van der Waals surface area contributed by atoms with Crippen LogP contribution in [-0.4, -0.2) is 25.7 Å². The Labute approximate surface area is 143 Å². The molecule has 0 bridgehead atoms. The maximum atomic E-state index is 11.8. The lowest BCUT2D eigenvalue weighted by atomic mass is 10.1. The monoisotopic (exact) mass is 339 g/mol. The Hall–Kier alpha value is -1.68. The van der Waals surface area contributed by atoms with Crippen molar-refractivity contribution in [3.8, 4) is 11.5 Å². The number of methoxy groups -OCH3 is 1. The van der Waals surface area contributed by atoms with E-state index in [9.17, 15) is 4.79 Å². The third-order valence-corrected chi connectivity index (χ3v) is 3.33. The average Bonchev–Trinajstić information content (AvgIpc) is 2.46. The smallest absolute Gasteiger partial charge is 0.243 e. The Balaban J connectivity index is 2.79. The molecule has 0 aliphatic rings. The van der Waals surface area contributed by atoms with E-state index < -0.39 is 0 Å². The van der Waals surface area contributed by atoms with Gasteiger partial charge in [0.2, 0.25) is 5.91 Å². The van der Waals surface area contributed by atoms with Gasteiger partial charge in [0.15, 0.2) is 11.5 Å². The van der Waals surface area contributed by atoms with Crippen molar-refractivity contribution >= 4 is 23.6 Å². The third-order valence-electron chi connectivity index (χ3n) is 3.05. The van der Waals surface area contributed by atoms with Gasteiger partial charge in [-0.15, -0.1) is 0 Å². The van der Waals surface area contributed by atoms with Gasteiger partial charge in [0.25, 0.3) is 0 Å². The number of rotatable bonds is 8. The molecule has 0 fully saturated rings. The van der Waals surface area contributed by atoms with Crippen LogP contribution in [0.5, 0.6) is 11.5 Å². The first-order valence-corrected chi connectivity index (χ1v) is 8.21. The van der Waals surface area contributed by atoms with Crippen LogP contribution in [0.15, 0.2) is 18.2 Å². The highest BCUT2D eigenvalue weighted by Crippen LogP contribution is 2.37. The van der Waals surface area contributed by atoms with Crippen molar-refractivity contribution in [1.29, 1.82) is 0 Å². The Morgan fingerprint density at radius 1 is 1.30 bits per heavy atom. The lowest BCUT2D eigenvalue weighted by Crippen LogP contribution is -2.23. The zero-order valence-electron chi connectivity index (χ0n) is 14.5. The van der Waals surface area contributed by atoms with Crippen molar-refractivity contribution in [3.05, 3.63) is 28.8 Å². The average molecular weight is 340 g/mol. The second-order valence-corrected chi connectivity index (χ2v) is 6.41. The number of halogens is 1. The van der Waals surface area contributed by atoms with Crippen molar-refractivity contribution < 1.29 is 14.3 Å². The summed E-state index contributed by atoms with van der Waals surface area (Å²) in [6.45, 7) is 8.76. The fraction of sp³-hybridized carbons (Fsp3) is 0.500. The molecule has 5 heteroatoms. The summed E-state index contributed by atoms with van der Waals surface area (Å²) >= 11 is 6.25. The zero-order chi connectivity index (χ0) is 17.4. The quantitative estimate of drug-likeness (QED) is 0.718. The van der Waals surface area contributed by atoms with Crippen LogP contribution in [0.25, 0.3) is 6.08 Å². The van der Waals surface area contributed by atoms with Crippen LogP contribution in [-0.2, 0) is 4.79 Å². The van der Waals surface area contributed by atoms with Crippen molar-refractivity contribution in [2.24, 2.45) is 5.92 Å². The van der Waals surface area contributed by atoms with Crippen LogP contribution in [0.1, 0.15) is 39.7 Å². The zero-order valence-corrected chi connectivity index (χ0v) is 15.2. The number of nitrogens with one attached hydrogen (secondary N) is 1. The molecule has 1 aromatic rings. The molecule has 0 spiro atoms. The molecule has 1 aromatic carbocycles. The van der Waals surface area contributed by atoms with Gasteiger partial charge in [-0.3, -0.25) is 4.79 Å². The Kier molecular flexibility index (Phi) is 7.96. The van der Waals surface area contributed by atoms with Crippen LogP contribution in [0, 0.1) is 5.92 Å². The van der Waals surface area contributed by atoms with Gasteiger partial charge in [-0.05, 0) is 50.0 Å². The molecular weight excluding hydrogens is 314 g/mol. The number of carbonyl (C=O) groups is 1. The summed E-state index contributed by atoms with van der Waals surface area (Å²) in [4.78, 5) is 11.8. The summed E-state index contributed by atoms with van der Waals surface area (Å²) in [5.74, 6) is 1.51. The molecule has 0 aliphatic heterocycles. The second-order valence-electron chi connectivity index (χ2n) is 6.01. The molecule has 128 valence electrons. The molecule has 1 amide bonds. The summed E-state index contributed by atoms with van der Waals surface area (Å²) in [6, 6.07) is 3.54. The second kappa shape index (κ2) is 9.46. The summed E-state index contributed by atoms with van der Waals surface area (Å²) in [6.07, 6.45) is 4.15. The number of hydrogen-bond donors (Lipinski definition) is 1. The Bertz CT molecular complexity index is 553.